The third-order valence-corrected chi connectivity index (χ3v) is 7.79. The molecule has 1 aliphatic heterocycles. The van der Waals surface area contributed by atoms with Gasteiger partial charge in [0, 0.05) is 25.7 Å². The lowest BCUT2D eigenvalue weighted by atomic mass is 9.86. The summed E-state index contributed by atoms with van der Waals surface area (Å²) in [4.78, 5) is 19.1. The molecule has 0 amide bonds. The fourth-order valence-corrected chi connectivity index (χ4v) is 5.71. The third kappa shape index (κ3) is 6.33. The van der Waals surface area contributed by atoms with Gasteiger partial charge < -0.3 is 9.64 Å². The smallest absolute Gasteiger partial charge is 0.207 e. The molecule has 4 heteroatoms. The number of hydrogen-bond donors (Lipinski definition) is 0. The van der Waals surface area contributed by atoms with E-state index >= 15 is 0 Å². The summed E-state index contributed by atoms with van der Waals surface area (Å²) in [5.41, 5.74) is 7.54. The van der Waals surface area contributed by atoms with Crippen molar-refractivity contribution in [2.24, 2.45) is 5.92 Å². The van der Waals surface area contributed by atoms with E-state index in [-0.39, 0.29) is 11.7 Å². The maximum absolute atomic E-state index is 14.3. The van der Waals surface area contributed by atoms with E-state index in [9.17, 15) is 4.79 Å². The van der Waals surface area contributed by atoms with Crippen molar-refractivity contribution in [3.63, 3.8) is 0 Å². The van der Waals surface area contributed by atoms with Gasteiger partial charge in [0.05, 0.1) is 18.3 Å². The Morgan fingerprint density at radius 1 is 0.973 bits per heavy atom. The van der Waals surface area contributed by atoms with Crippen LogP contribution in [0.1, 0.15) is 54.7 Å². The number of ketones is 1. The maximum atomic E-state index is 14.3. The Bertz CT molecular complexity index is 1210. The SMILES string of the molecule is Cc1ccccc1C1CCC=C=C/C(N2CCN(CC3CC=CCC3)C2)=C(/OCc2ccccc2)C1=O. The first kappa shape index (κ1) is 25.3. The molecule has 192 valence electrons. The lowest BCUT2D eigenvalue weighted by molar-refractivity contribution is -0.121. The standard InChI is InChI=1S/C33H38N2O2/c1-26-13-11-12-18-29(26)30-19-9-4-10-20-31(33(32(30)36)37-24-28-16-7-3-8-17-28)35-22-21-34(25-35)23-27-14-5-2-6-15-27/h2-5,7-8,11-13,16-18,20,27,30H,6,9,14-15,19,21-25H2,1H3/b33-31-. The van der Waals surface area contributed by atoms with Gasteiger partial charge in [-0.3, -0.25) is 9.69 Å². The summed E-state index contributed by atoms with van der Waals surface area (Å²) in [6, 6.07) is 18.4. The van der Waals surface area contributed by atoms with Crippen LogP contribution in [-0.4, -0.2) is 41.9 Å². The topological polar surface area (TPSA) is 32.8 Å². The minimum absolute atomic E-state index is 0.0736. The zero-order chi connectivity index (χ0) is 25.5. The summed E-state index contributed by atoms with van der Waals surface area (Å²) in [5, 5.41) is 0. The summed E-state index contributed by atoms with van der Waals surface area (Å²) in [5.74, 6) is 1.03. The molecular weight excluding hydrogens is 456 g/mol. The van der Waals surface area contributed by atoms with Crippen LogP contribution in [0.4, 0.5) is 0 Å². The quantitative estimate of drug-likeness (QED) is 0.324. The molecule has 0 radical (unpaired) electrons. The molecule has 1 fully saturated rings. The largest absolute Gasteiger partial charge is 0.483 e. The van der Waals surface area contributed by atoms with Gasteiger partial charge in [-0.1, -0.05) is 66.7 Å². The molecular formula is C33H38N2O2. The van der Waals surface area contributed by atoms with Gasteiger partial charge in [-0.2, -0.15) is 0 Å². The summed E-state index contributed by atoms with van der Waals surface area (Å²) in [6.07, 6.45) is 13.9. The van der Waals surface area contributed by atoms with Crippen LogP contribution in [0.15, 0.2) is 96.1 Å². The van der Waals surface area contributed by atoms with Crippen LogP contribution in [0.3, 0.4) is 0 Å². The van der Waals surface area contributed by atoms with Gasteiger partial charge in [-0.15, -0.1) is 5.73 Å². The monoisotopic (exact) mass is 494 g/mol. The molecule has 0 bridgehead atoms. The molecule has 2 aliphatic carbocycles. The van der Waals surface area contributed by atoms with Gasteiger partial charge in [0.15, 0.2) is 5.76 Å². The lowest BCUT2D eigenvalue weighted by Crippen LogP contribution is -2.31. The van der Waals surface area contributed by atoms with Crippen molar-refractivity contribution in [1.82, 2.24) is 9.80 Å². The van der Waals surface area contributed by atoms with Gasteiger partial charge in [0.25, 0.3) is 0 Å². The fraction of sp³-hybridized carbons (Fsp3) is 0.394. The average Bonchev–Trinajstić information content (AvgIpc) is 3.41. The molecule has 0 N–H and O–H groups in total. The number of nitrogens with zero attached hydrogens (tertiary/aromatic N) is 2. The predicted octanol–water partition coefficient (Wildman–Crippen LogP) is 6.51. The Morgan fingerprint density at radius 3 is 2.62 bits per heavy atom. The highest BCUT2D eigenvalue weighted by Gasteiger charge is 2.32. The highest BCUT2D eigenvalue weighted by molar-refractivity contribution is 6.00. The Kier molecular flexibility index (Phi) is 8.40. The van der Waals surface area contributed by atoms with E-state index in [4.69, 9.17) is 4.74 Å². The van der Waals surface area contributed by atoms with E-state index in [1.54, 1.807) is 0 Å². The van der Waals surface area contributed by atoms with Crippen LogP contribution in [0.2, 0.25) is 0 Å². The second kappa shape index (κ2) is 12.3. The summed E-state index contributed by atoms with van der Waals surface area (Å²) in [6.45, 7) is 6.27. The lowest BCUT2D eigenvalue weighted by Gasteiger charge is -2.27. The highest BCUT2D eigenvalue weighted by atomic mass is 16.5. The van der Waals surface area contributed by atoms with Gasteiger partial charge in [-0.25, -0.2) is 0 Å². The van der Waals surface area contributed by atoms with E-state index in [1.807, 2.05) is 48.5 Å². The van der Waals surface area contributed by atoms with Crippen LogP contribution in [-0.2, 0) is 16.1 Å². The normalized spacial score (nSPS) is 24.7. The van der Waals surface area contributed by atoms with Crippen molar-refractivity contribution in [3.05, 3.63) is 113 Å². The van der Waals surface area contributed by atoms with Crippen molar-refractivity contribution < 1.29 is 9.53 Å². The predicted molar refractivity (Wildman–Crippen MR) is 149 cm³/mol. The van der Waals surface area contributed by atoms with Crippen LogP contribution in [0.5, 0.6) is 0 Å². The first-order chi connectivity index (χ1) is 18.2. The summed E-state index contributed by atoms with van der Waals surface area (Å²) in [7, 11) is 0. The number of carbonyl (C=O) groups is 1. The number of carbonyl (C=O) groups excluding carboxylic acids is 1. The Labute approximate surface area is 221 Å². The fourth-order valence-electron chi connectivity index (χ4n) is 5.71. The molecule has 0 spiro atoms. The van der Waals surface area contributed by atoms with Crippen LogP contribution in [0.25, 0.3) is 0 Å². The second-order valence-corrected chi connectivity index (χ2v) is 10.5. The zero-order valence-electron chi connectivity index (χ0n) is 21.9. The van der Waals surface area contributed by atoms with E-state index in [0.29, 0.717) is 12.4 Å². The molecule has 1 heterocycles. The van der Waals surface area contributed by atoms with Gasteiger partial charge in [0.1, 0.15) is 6.61 Å². The highest BCUT2D eigenvalue weighted by Crippen LogP contribution is 2.32. The van der Waals surface area contributed by atoms with Crippen LogP contribution in [0, 0.1) is 12.8 Å². The van der Waals surface area contributed by atoms with E-state index in [0.717, 1.165) is 67.4 Å². The molecule has 2 atom stereocenters. The van der Waals surface area contributed by atoms with Crippen LogP contribution < -0.4 is 0 Å². The first-order valence-corrected chi connectivity index (χ1v) is 13.7. The summed E-state index contributed by atoms with van der Waals surface area (Å²) < 4.78 is 6.45. The van der Waals surface area contributed by atoms with E-state index in [2.05, 4.69) is 52.8 Å². The number of hydrogen-bond acceptors (Lipinski definition) is 4. The molecule has 4 nitrogen and oxygen atoms in total. The average molecular weight is 495 g/mol. The summed E-state index contributed by atoms with van der Waals surface area (Å²) >= 11 is 0. The van der Waals surface area contributed by atoms with Gasteiger partial charge >= 0.3 is 0 Å². The minimum atomic E-state index is -0.237. The molecule has 0 saturated carbocycles. The molecule has 3 aliphatic rings. The zero-order valence-corrected chi connectivity index (χ0v) is 21.9. The number of ether oxygens (including phenoxy) is 1. The molecule has 1 saturated heterocycles. The molecule has 0 aromatic heterocycles. The minimum Gasteiger partial charge on any atom is -0.483 e. The Morgan fingerprint density at radius 2 is 1.81 bits per heavy atom. The number of rotatable bonds is 7. The second-order valence-electron chi connectivity index (χ2n) is 10.5. The number of benzene rings is 2. The van der Waals surface area contributed by atoms with Gasteiger partial charge in [0.2, 0.25) is 5.78 Å². The number of aryl methyl sites for hydroxylation is 1. The van der Waals surface area contributed by atoms with Crippen LogP contribution >= 0.6 is 0 Å². The van der Waals surface area contributed by atoms with Crippen molar-refractivity contribution in [2.75, 3.05) is 26.3 Å². The van der Waals surface area contributed by atoms with Crippen molar-refractivity contribution in [2.45, 2.75) is 51.6 Å². The number of Topliss-reactive ketones (excluding diaryl/α,β-unsaturated/α-hetero) is 1. The molecule has 5 rings (SSSR count). The van der Waals surface area contributed by atoms with Crippen molar-refractivity contribution >= 4 is 5.78 Å². The molecule has 2 unspecified atom stereocenters. The third-order valence-electron chi connectivity index (χ3n) is 7.79. The van der Waals surface area contributed by atoms with E-state index < -0.39 is 0 Å². The molecule has 2 aromatic carbocycles. The van der Waals surface area contributed by atoms with Gasteiger partial charge in [-0.05, 0) is 67.7 Å². The Balaban J connectivity index is 1.46. The van der Waals surface area contributed by atoms with E-state index in [1.165, 1.54) is 19.3 Å². The molecule has 37 heavy (non-hydrogen) atoms. The maximum Gasteiger partial charge on any atom is 0.207 e. The Hall–Kier alpha value is -3.33. The van der Waals surface area contributed by atoms with Crippen molar-refractivity contribution in [1.29, 1.82) is 0 Å². The number of allylic oxidation sites excluding steroid dienone is 4. The molecule has 2 aromatic rings. The van der Waals surface area contributed by atoms with Crippen molar-refractivity contribution in [3.8, 4) is 0 Å². The first-order valence-electron chi connectivity index (χ1n) is 13.7.